The summed E-state index contributed by atoms with van der Waals surface area (Å²) in [6.45, 7) is 5.67. The van der Waals surface area contributed by atoms with Crippen molar-refractivity contribution in [3.8, 4) is 5.75 Å². The second-order valence-corrected chi connectivity index (χ2v) is 8.17. The number of nitrogens with zero attached hydrogens (tertiary/aromatic N) is 2. The first kappa shape index (κ1) is 22.3. The average Bonchev–Trinajstić information content (AvgIpc) is 2.77. The summed E-state index contributed by atoms with van der Waals surface area (Å²) in [7, 11) is 1.76. The monoisotopic (exact) mass is 413 g/mol. The van der Waals surface area contributed by atoms with E-state index in [2.05, 4.69) is 17.1 Å². The second-order valence-electron chi connectivity index (χ2n) is 8.17. The van der Waals surface area contributed by atoms with Crippen LogP contribution in [-0.2, 0) is 11.8 Å². The first-order valence-corrected chi connectivity index (χ1v) is 11.3. The van der Waals surface area contributed by atoms with E-state index in [-0.39, 0.29) is 11.5 Å². The number of carbonyl (C=O) groups excluding carboxylic acids is 1. The first-order chi connectivity index (χ1) is 14.6. The van der Waals surface area contributed by atoms with Crippen molar-refractivity contribution in [2.45, 2.75) is 57.9 Å². The summed E-state index contributed by atoms with van der Waals surface area (Å²) in [5, 5.41) is 3.93. The van der Waals surface area contributed by atoms with Crippen LogP contribution in [0.25, 0.3) is 10.9 Å². The lowest BCUT2D eigenvalue weighted by molar-refractivity contribution is -0.121. The van der Waals surface area contributed by atoms with Crippen LogP contribution in [0.4, 0.5) is 0 Å². The molecule has 0 unspecified atom stereocenters. The van der Waals surface area contributed by atoms with Gasteiger partial charge in [-0.2, -0.15) is 0 Å². The maximum Gasteiger partial charge on any atom is 0.254 e. The van der Waals surface area contributed by atoms with Crippen molar-refractivity contribution in [2.24, 2.45) is 7.05 Å². The topological polar surface area (TPSA) is 63.6 Å². The van der Waals surface area contributed by atoms with Gasteiger partial charge in [-0.05, 0) is 50.8 Å². The van der Waals surface area contributed by atoms with Crippen LogP contribution in [0.1, 0.15) is 51.9 Å². The minimum absolute atomic E-state index is 0.0677. The molecule has 1 saturated heterocycles. The van der Waals surface area contributed by atoms with E-state index in [0.29, 0.717) is 25.2 Å². The van der Waals surface area contributed by atoms with Crippen molar-refractivity contribution in [2.75, 3.05) is 26.2 Å². The molecule has 0 aliphatic carbocycles. The molecule has 2 aromatic rings. The summed E-state index contributed by atoms with van der Waals surface area (Å²) in [6, 6.07) is 9.93. The fourth-order valence-corrected chi connectivity index (χ4v) is 4.33. The first-order valence-electron chi connectivity index (χ1n) is 11.3. The molecule has 1 aliphatic heterocycles. The molecule has 0 radical (unpaired) electrons. The van der Waals surface area contributed by atoms with Gasteiger partial charge in [-0.1, -0.05) is 25.5 Å². The summed E-state index contributed by atoms with van der Waals surface area (Å²) in [5.74, 6) is 0.652. The maximum absolute atomic E-state index is 12.1. The molecule has 0 spiro atoms. The summed E-state index contributed by atoms with van der Waals surface area (Å²) in [5.41, 5.74) is 0.747. The van der Waals surface area contributed by atoms with Crippen LogP contribution in [0.15, 0.2) is 35.1 Å². The maximum atomic E-state index is 12.1. The number of para-hydroxylation sites is 1. The highest BCUT2D eigenvalue weighted by Crippen LogP contribution is 2.23. The minimum Gasteiger partial charge on any atom is -0.493 e. The Labute approximate surface area is 179 Å². The van der Waals surface area contributed by atoms with Crippen molar-refractivity contribution in [1.82, 2.24) is 14.8 Å². The minimum atomic E-state index is -0.0968. The van der Waals surface area contributed by atoms with Crippen molar-refractivity contribution < 1.29 is 9.53 Å². The van der Waals surface area contributed by atoms with Crippen LogP contribution < -0.4 is 15.6 Å². The number of carbonyl (C=O) groups is 1. The molecule has 2 heterocycles. The largest absolute Gasteiger partial charge is 0.493 e. The van der Waals surface area contributed by atoms with E-state index in [1.807, 2.05) is 24.3 Å². The van der Waals surface area contributed by atoms with E-state index < -0.39 is 0 Å². The number of amides is 1. The van der Waals surface area contributed by atoms with E-state index >= 15 is 0 Å². The number of rotatable bonds is 10. The fraction of sp³-hybridized carbons (Fsp3) is 0.583. The normalized spacial score (nSPS) is 17.2. The Bertz CT molecular complexity index is 893. The van der Waals surface area contributed by atoms with Gasteiger partial charge in [0.05, 0.1) is 12.1 Å². The van der Waals surface area contributed by atoms with Gasteiger partial charge in [0.25, 0.3) is 5.56 Å². The molecular weight excluding hydrogens is 378 g/mol. The highest BCUT2D eigenvalue weighted by Gasteiger charge is 2.19. The number of pyridine rings is 1. The molecule has 164 valence electrons. The third-order valence-corrected chi connectivity index (χ3v) is 6.09. The smallest absolute Gasteiger partial charge is 0.254 e. The number of ether oxygens (including phenoxy) is 1. The standard InChI is InChI=1S/C24H35N3O3/c1-3-19-10-6-7-15-27(19)16-9-14-25-23(28)13-8-17-30-22-18-24(29)26(2)21-12-5-4-11-20(21)22/h4-5,11-12,18-19H,3,6-10,13-17H2,1-2H3,(H,25,28)/t19-/m0/s1. The highest BCUT2D eigenvalue weighted by molar-refractivity contribution is 5.85. The van der Waals surface area contributed by atoms with Crippen molar-refractivity contribution in [3.05, 3.63) is 40.7 Å². The van der Waals surface area contributed by atoms with E-state index in [9.17, 15) is 9.59 Å². The quantitative estimate of drug-likeness (QED) is 0.606. The van der Waals surface area contributed by atoms with Gasteiger partial charge in [-0.25, -0.2) is 0 Å². The number of piperidine rings is 1. The predicted octanol–water partition coefficient (Wildman–Crippen LogP) is 3.47. The number of likely N-dealkylation sites (tertiary alicyclic amines) is 1. The van der Waals surface area contributed by atoms with E-state index in [4.69, 9.17) is 4.74 Å². The molecule has 0 bridgehead atoms. The predicted molar refractivity (Wildman–Crippen MR) is 121 cm³/mol. The summed E-state index contributed by atoms with van der Waals surface area (Å²) in [4.78, 5) is 26.8. The highest BCUT2D eigenvalue weighted by atomic mass is 16.5. The number of aryl methyl sites for hydroxylation is 1. The molecule has 1 aromatic carbocycles. The lowest BCUT2D eigenvalue weighted by atomic mass is 10.00. The lowest BCUT2D eigenvalue weighted by Gasteiger charge is -2.35. The zero-order valence-electron chi connectivity index (χ0n) is 18.4. The lowest BCUT2D eigenvalue weighted by Crippen LogP contribution is -2.40. The van der Waals surface area contributed by atoms with Gasteiger partial charge in [0.2, 0.25) is 5.91 Å². The molecule has 1 aromatic heterocycles. The summed E-state index contributed by atoms with van der Waals surface area (Å²) in [6.07, 6.45) is 7.23. The van der Waals surface area contributed by atoms with Crippen molar-refractivity contribution >= 4 is 16.8 Å². The molecular formula is C24H35N3O3. The third-order valence-electron chi connectivity index (χ3n) is 6.09. The molecule has 1 fully saturated rings. The SMILES string of the molecule is CC[C@H]1CCCCN1CCCNC(=O)CCCOc1cc(=O)n(C)c2ccccc12. The van der Waals surface area contributed by atoms with Gasteiger partial charge in [0, 0.05) is 44.1 Å². The Kier molecular flexibility index (Phi) is 8.31. The Morgan fingerprint density at radius 2 is 2.07 bits per heavy atom. The van der Waals surface area contributed by atoms with E-state index in [1.54, 1.807) is 11.6 Å². The van der Waals surface area contributed by atoms with Crippen LogP contribution in [0.3, 0.4) is 0 Å². The number of hydrogen-bond donors (Lipinski definition) is 1. The molecule has 1 atom stereocenters. The van der Waals surface area contributed by atoms with Gasteiger partial charge in [-0.15, -0.1) is 0 Å². The van der Waals surface area contributed by atoms with Crippen LogP contribution in [-0.4, -0.2) is 47.7 Å². The molecule has 0 saturated carbocycles. The Morgan fingerprint density at radius 3 is 2.90 bits per heavy atom. The van der Waals surface area contributed by atoms with Crippen LogP contribution in [0, 0.1) is 0 Å². The second kappa shape index (κ2) is 11.2. The summed E-state index contributed by atoms with van der Waals surface area (Å²) < 4.78 is 7.45. The van der Waals surface area contributed by atoms with Crippen LogP contribution in [0.5, 0.6) is 5.75 Å². The van der Waals surface area contributed by atoms with Crippen molar-refractivity contribution in [1.29, 1.82) is 0 Å². The van der Waals surface area contributed by atoms with E-state index in [0.717, 1.165) is 36.5 Å². The molecule has 1 aliphatic rings. The Balaban J connectivity index is 1.36. The molecule has 6 nitrogen and oxygen atoms in total. The molecule has 3 rings (SSSR count). The van der Waals surface area contributed by atoms with Crippen LogP contribution >= 0.6 is 0 Å². The van der Waals surface area contributed by atoms with Crippen molar-refractivity contribution in [3.63, 3.8) is 0 Å². The van der Waals surface area contributed by atoms with E-state index in [1.165, 1.54) is 38.3 Å². The van der Waals surface area contributed by atoms with Gasteiger partial charge in [0.1, 0.15) is 5.75 Å². The zero-order chi connectivity index (χ0) is 21.3. The molecule has 30 heavy (non-hydrogen) atoms. The number of hydrogen-bond acceptors (Lipinski definition) is 4. The number of benzene rings is 1. The number of fused-ring (bicyclic) bond motifs is 1. The van der Waals surface area contributed by atoms with Gasteiger partial charge in [0.15, 0.2) is 0 Å². The Hall–Kier alpha value is -2.34. The Morgan fingerprint density at radius 1 is 1.23 bits per heavy atom. The number of nitrogens with one attached hydrogen (secondary N) is 1. The molecule has 1 amide bonds. The summed E-state index contributed by atoms with van der Waals surface area (Å²) >= 11 is 0. The van der Waals surface area contributed by atoms with Gasteiger partial charge in [-0.3, -0.25) is 9.59 Å². The number of aromatic nitrogens is 1. The van der Waals surface area contributed by atoms with Crippen LogP contribution in [0.2, 0.25) is 0 Å². The zero-order valence-corrected chi connectivity index (χ0v) is 18.4. The third kappa shape index (κ3) is 5.85. The fourth-order valence-electron chi connectivity index (χ4n) is 4.33. The molecule has 1 N–H and O–H groups in total. The molecule has 6 heteroatoms. The average molecular weight is 414 g/mol. The van der Waals surface area contributed by atoms with Gasteiger partial charge >= 0.3 is 0 Å². The van der Waals surface area contributed by atoms with Gasteiger partial charge < -0.3 is 19.5 Å².